The Morgan fingerprint density at radius 2 is 1.95 bits per heavy atom. The van der Waals surface area contributed by atoms with Crippen LogP contribution in [0, 0.1) is 0 Å². The molecule has 1 aliphatic heterocycles. The second kappa shape index (κ2) is 13.3. The summed E-state index contributed by atoms with van der Waals surface area (Å²) in [6, 6.07) is 14.3. The van der Waals surface area contributed by atoms with Gasteiger partial charge in [-0.25, -0.2) is 9.78 Å². The zero-order chi connectivity index (χ0) is 26.9. The van der Waals surface area contributed by atoms with Gasteiger partial charge in [0.15, 0.2) is 0 Å². The molecule has 2 aromatic carbocycles. The minimum atomic E-state index is -0.483. The van der Waals surface area contributed by atoms with Gasteiger partial charge in [0.05, 0.1) is 18.1 Å². The number of para-hydroxylation sites is 2. The number of aromatic nitrogens is 2. The van der Waals surface area contributed by atoms with Crippen molar-refractivity contribution in [3.63, 3.8) is 0 Å². The van der Waals surface area contributed by atoms with Gasteiger partial charge < -0.3 is 35.3 Å². The number of methoxy groups -OCH3 is 2. The van der Waals surface area contributed by atoms with E-state index in [1.54, 1.807) is 38.5 Å². The standard InChI is InChI=1S/C28H38N6O4/c1-37-16-6-15-34-25-9-4-3-8-24(25)32-27(34)20-7-5-14-33(19-20)26(35)17-21(29)18-30-28(36)31-22-10-12-23(38-2)13-11-22/h3-4,8-13,20-21H,5-7,14-19,29H2,1-2H3,(H2,30,31,36). The molecule has 38 heavy (non-hydrogen) atoms. The first-order chi connectivity index (χ1) is 18.5. The van der Waals surface area contributed by atoms with Gasteiger partial charge in [-0.3, -0.25) is 4.79 Å². The summed E-state index contributed by atoms with van der Waals surface area (Å²) in [5.41, 5.74) is 8.94. The van der Waals surface area contributed by atoms with Crippen LogP contribution >= 0.6 is 0 Å². The number of likely N-dealkylation sites (tertiary alicyclic amines) is 1. The average molecular weight is 523 g/mol. The van der Waals surface area contributed by atoms with Gasteiger partial charge in [0.25, 0.3) is 0 Å². The number of rotatable bonds is 11. The van der Waals surface area contributed by atoms with Crippen molar-refractivity contribution in [1.82, 2.24) is 19.8 Å². The third kappa shape index (κ3) is 7.02. The summed E-state index contributed by atoms with van der Waals surface area (Å²) in [6.45, 7) is 3.02. The van der Waals surface area contributed by atoms with Gasteiger partial charge in [-0.05, 0) is 55.7 Å². The topological polar surface area (TPSA) is 124 Å². The highest BCUT2D eigenvalue weighted by Gasteiger charge is 2.29. The van der Waals surface area contributed by atoms with Gasteiger partial charge in [-0.15, -0.1) is 0 Å². The number of piperidine rings is 1. The smallest absolute Gasteiger partial charge is 0.319 e. The molecule has 4 N–H and O–H groups in total. The number of imidazole rings is 1. The molecule has 1 aliphatic rings. The zero-order valence-electron chi connectivity index (χ0n) is 22.2. The molecule has 1 saturated heterocycles. The van der Waals surface area contributed by atoms with Crippen molar-refractivity contribution < 1.29 is 19.1 Å². The number of nitrogens with one attached hydrogen (secondary N) is 2. The molecule has 0 spiro atoms. The van der Waals surface area contributed by atoms with Crippen LogP contribution in [0.15, 0.2) is 48.5 Å². The molecule has 2 heterocycles. The second-order valence-corrected chi connectivity index (χ2v) is 9.66. The van der Waals surface area contributed by atoms with Crippen molar-refractivity contribution >= 4 is 28.7 Å². The molecule has 2 atom stereocenters. The quantitative estimate of drug-likeness (QED) is 0.332. The van der Waals surface area contributed by atoms with E-state index in [1.165, 1.54) is 0 Å². The lowest BCUT2D eigenvalue weighted by molar-refractivity contribution is -0.132. The van der Waals surface area contributed by atoms with Gasteiger partial charge in [0.2, 0.25) is 5.91 Å². The first-order valence-electron chi connectivity index (χ1n) is 13.1. The highest BCUT2D eigenvalue weighted by molar-refractivity contribution is 5.89. The molecule has 204 valence electrons. The highest BCUT2D eigenvalue weighted by Crippen LogP contribution is 2.30. The maximum atomic E-state index is 13.1. The van der Waals surface area contributed by atoms with E-state index in [4.69, 9.17) is 20.2 Å². The Labute approximate surface area is 223 Å². The summed E-state index contributed by atoms with van der Waals surface area (Å²) in [5.74, 6) is 1.90. The van der Waals surface area contributed by atoms with E-state index in [0.29, 0.717) is 31.1 Å². The Kier molecular flexibility index (Phi) is 9.56. The number of fused-ring (bicyclic) bond motifs is 1. The summed E-state index contributed by atoms with van der Waals surface area (Å²) >= 11 is 0. The van der Waals surface area contributed by atoms with Crippen LogP contribution in [0.5, 0.6) is 5.75 Å². The molecule has 4 rings (SSSR count). The van der Waals surface area contributed by atoms with Crippen LogP contribution < -0.4 is 21.1 Å². The number of hydrogen-bond acceptors (Lipinski definition) is 6. The van der Waals surface area contributed by atoms with Gasteiger partial charge >= 0.3 is 6.03 Å². The van der Waals surface area contributed by atoms with Gasteiger partial charge in [0.1, 0.15) is 11.6 Å². The number of carbonyl (C=O) groups excluding carboxylic acids is 2. The first-order valence-corrected chi connectivity index (χ1v) is 13.1. The van der Waals surface area contributed by atoms with Crippen molar-refractivity contribution in [3.8, 4) is 5.75 Å². The molecule has 10 heteroatoms. The number of urea groups is 1. The number of hydrogen-bond donors (Lipinski definition) is 3. The Balaban J connectivity index is 1.31. The maximum absolute atomic E-state index is 13.1. The molecule has 1 aromatic heterocycles. The summed E-state index contributed by atoms with van der Waals surface area (Å²) < 4.78 is 12.7. The minimum absolute atomic E-state index is 0.00149. The average Bonchev–Trinajstić information content (AvgIpc) is 3.31. The van der Waals surface area contributed by atoms with E-state index < -0.39 is 6.04 Å². The number of amides is 3. The Morgan fingerprint density at radius 1 is 1.16 bits per heavy atom. The number of nitrogens with two attached hydrogens (primary N) is 1. The first kappa shape index (κ1) is 27.4. The van der Waals surface area contributed by atoms with E-state index in [2.05, 4.69) is 21.3 Å². The van der Waals surface area contributed by atoms with Crippen LogP contribution in [-0.4, -0.2) is 72.9 Å². The molecule has 2 unspecified atom stereocenters. The number of nitrogens with zero attached hydrogens (tertiary/aromatic N) is 3. The SMILES string of the molecule is COCCCn1c(C2CCCN(C(=O)CC(N)CNC(=O)Nc3ccc(OC)cc3)C2)nc2ccccc21. The molecule has 1 fully saturated rings. The van der Waals surface area contributed by atoms with Crippen LogP contribution in [0.25, 0.3) is 11.0 Å². The fraction of sp³-hybridized carbons (Fsp3) is 0.464. The predicted molar refractivity (Wildman–Crippen MR) is 147 cm³/mol. The van der Waals surface area contributed by atoms with Gasteiger partial charge in [0, 0.05) is 64.0 Å². The Bertz CT molecular complexity index is 1210. The van der Waals surface area contributed by atoms with Crippen molar-refractivity contribution in [2.75, 3.05) is 45.8 Å². The number of carbonyl (C=O) groups is 2. The lowest BCUT2D eigenvalue weighted by Crippen LogP contribution is -2.45. The van der Waals surface area contributed by atoms with Crippen molar-refractivity contribution in [3.05, 3.63) is 54.4 Å². The van der Waals surface area contributed by atoms with Crippen LogP contribution in [0.1, 0.15) is 37.4 Å². The number of benzene rings is 2. The molecule has 0 aliphatic carbocycles. The third-order valence-electron chi connectivity index (χ3n) is 6.86. The van der Waals surface area contributed by atoms with Crippen molar-refractivity contribution in [2.45, 2.75) is 44.2 Å². The summed E-state index contributed by atoms with van der Waals surface area (Å²) in [7, 11) is 3.30. The van der Waals surface area contributed by atoms with E-state index in [-0.39, 0.29) is 30.8 Å². The molecule has 3 aromatic rings. The van der Waals surface area contributed by atoms with Crippen molar-refractivity contribution in [2.24, 2.45) is 5.73 Å². The normalized spacial score (nSPS) is 16.3. The second-order valence-electron chi connectivity index (χ2n) is 9.66. The lowest BCUT2D eigenvalue weighted by atomic mass is 9.96. The molecule has 10 nitrogen and oxygen atoms in total. The van der Waals surface area contributed by atoms with Gasteiger partial charge in [-0.2, -0.15) is 0 Å². The van der Waals surface area contributed by atoms with E-state index in [0.717, 1.165) is 42.7 Å². The molecule has 0 saturated carbocycles. The maximum Gasteiger partial charge on any atom is 0.319 e. The molecule has 0 radical (unpaired) electrons. The highest BCUT2D eigenvalue weighted by atomic mass is 16.5. The van der Waals surface area contributed by atoms with Crippen LogP contribution in [0.4, 0.5) is 10.5 Å². The molecule has 3 amide bonds. The molecule has 0 bridgehead atoms. The van der Waals surface area contributed by atoms with E-state index >= 15 is 0 Å². The van der Waals surface area contributed by atoms with Crippen LogP contribution in [0.2, 0.25) is 0 Å². The van der Waals surface area contributed by atoms with Gasteiger partial charge in [-0.1, -0.05) is 12.1 Å². The Morgan fingerprint density at radius 3 is 2.71 bits per heavy atom. The van der Waals surface area contributed by atoms with Crippen molar-refractivity contribution in [1.29, 1.82) is 0 Å². The van der Waals surface area contributed by atoms with Crippen LogP contribution in [0.3, 0.4) is 0 Å². The lowest BCUT2D eigenvalue weighted by Gasteiger charge is -2.33. The van der Waals surface area contributed by atoms with E-state index in [1.807, 2.05) is 23.1 Å². The van der Waals surface area contributed by atoms with Crippen LogP contribution in [-0.2, 0) is 16.1 Å². The third-order valence-corrected chi connectivity index (χ3v) is 6.86. The largest absolute Gasteiger partial charge is 0.497 e. The number of anilines is 1. The molecular formula is C28H38N6O4. The Hall–Kier alpha value is -3.63. The summed E-state index contributed by atoms with van der Waals surface area (Å²) in [6.07, 6.45) is 2.96. The number of aryl methyl sites for hydroxylation is 1. The summed E-state index contributed by atoms with van der Waals surface area (Å²) in [5, 5.41) is 5.50. The zero-order valence-corrected chi connectivity index (χ0v) is 22.2. The fourth-order valence-electron chi connectivity index (χ4n) is 4.92. The molecular weight excluding hydrogens is 484 g/mol. The monoisotopic (exact) mass is 522 g/mol. The summed E-state index contributed by atoms with van der Waals surface area (Å²) in [4.78, 5) is 32.2. The fourth-order valence-corrected chi connectivity index (χ4v) is 4.92. The van der Waals surface area contributed by atoms with E-state index in [9.17, 15) is 9.59 Å². The minimum Gasteiger partial charge on any atom is -0.497 e. The predicted octanol–water partition coefficient (Wildman–Crippen LogP) is 3.33. The number of ether oxygens (including phenoxy) is 2.